The lowest BCUT2D eigenvalue weighted by atomic mass is 9.83. The quantitative estimate of drug-likeness (QED) is 0.326. The first-order valence-corrected chi connectivity index (χ1v) is 10.3. The smallest absolute Gasteiger partial charge is 0.00997 e. The van der Waals surface area contributed by atoms with Crippen LogP contribution in [0.1, 0.15) is 68.6 Å². The standard InChI is InChI=1S/C25H30/c1-2-3-4-5-6-13-21-18-20-12-8-9-14-22(20)24-17-16-19-11-7-10-15-23(19)25(21)24/h8-9,12,14,16-18H,2-7,10-11,13,15H2,1H3. The summed E-state index contributed by atoms with van der Waals surface area (Å²) < 4.78 is 0. The Kier molecular flexibility index (Phi) is 5.06. The van der Waals surface area contributed by atoms with Gasteiger partial charge in [-0.1, -0.05) is 75.1 Å². The van der Waals surface area contributed by atoms with Crippen LogP contribution in [-0.2, 0) is 19.3 Å². The molecule has 0 amide bonds. The second kappa shape index (κ2) is 7.60. The molecule has 0 fully saturated rings. The third-order valence-electron chi connectivity index (χ3n) is 5.98. The van der Waals surface area contributed by atoms with Crippen molar-refractivity contribution < 1.29 is 0 Å². The molecule has 4 rings (SSSR count). The maximum absolute atomic E-state index is 2.49. The van der Waals surface area contributed by atoms with Crippen LogP contribution in [0.4, 0.5) is 0 Å². The molecule has 0 heteroatoms. The van der Waals surface area contributed by atoms with Crippen molar-refractivity contribution in [3.63, 3.8) is 0 Å². The molecular weight excluding hydrogens is 300 g/mol. The zero-order valence-corrected chi connectivity index (χ0v) is 15.6. The second-order valence-corrected chi connectivity index (χ2v) is 7.75. The second-order valence-electron chi connectivity index (χ2n) is 7.75. The highest BCUT2D eigenvalue weighted by molar-refractivity contribution is 6.10. The number of fused-ring (bicyclic) bond motifs is 5. The SMILES string of the molecule is CCCCCCCc1cc2ccccc2c2ccc3c(c12)CCCC3. The van der Waals surface area contributed by atoms with Crippen LogP contribution in [0.25, 0.3) is 21.5 Å². The summed E-state index contributed by atoms with van der Waals surface area (Å²) in [5.74, 6) is 0. The molecule has 0 bridgehead atoms. The molecule has 0 radical (unpaired) electrons. The Morgan fingerprint density at radius 1 is 0.800 bits per heavy atom. The minimum Gasteiger partial charge on any atom is -0.0654 e. The van der Waals surface area contributed by atoms with Crippen LogP contribution in [0.3, 0.4) is 0 Å². The van der Waals surface area contributed by atoms with Crippen molar-refractivity contribution in [2.45, 2.75) is 71.1 Å². The van der Waals surface area contributed by atoms with Gasteiger partial charge in [0.2, 0.25) is 0 Å². The van der Waals surface area contributed by atoms with Gasteiger partial charge >= 0.3 is 0 Å². The highest BCUT2D eigenvalue weighted by atomic mass is 14.2. The maximum Gasteiger partial charge on any atom is -0.00997 e. The fraction of sp³-hybridized carbons (Fsp3) is 0.440. The van der Waals surface area contributed by atoms with Crippen molar-refractivity contribution in [2.24, 2.45) is 0 Å². The number of rotatable bonds is 6. The molecule has 0 aromatic heterocycles. The molecule has 0 aliphatic heterocycles. The summed E-state index contributed by atoms with van der Waals surface area (Å²) in [7, 11) is 0. The van der Waals surface area contributed by atoms with E-state index >= 15 is 0 Å². The summed E-state index contributed by atoms with van der Waals surface area (Å²) in [6.07, 6.45) is 13.3. The van der Waals surface area contributed by atoms with Crippen molar-refractivity contribution in [3.05, 3.63) is 59.2 Å². The minimum absolute atomic E-state index is 1.24. The normalized spacial score (nSPS) is 14.1. The molecule has 1 aliphatic rings. The Bertz CT molecular complexity index is 872. The molecule has 0 spiro atoms. The summed E-state index contributed by atoms with van der Waals surface area (Å²) in [6, 6.07) is 16.3. The molecule has 0 saturated carbocycles. The molecule has 0 unspecified atom stereocenters. The summed E-state index contributed by atoms with van der Waals surface area (Å²) in [4.78, 5) is 0. The van der Waals surface area contributed by atoms with E-state index in [1.54, 1.807) is 22.1 Å². The predicted octanol–water partition coefficient (Wildman–Crippen LogP) is 7.38. The molecule has 0 saturated heterocycles. The van der Waals surface area contributed by atoms with Gasteiger partial charge in [-0.15, -0.1) is 0 Å². The number of hydrogen-bond donors (Lipinski definition) is 0. The summed E-state index contributed by atoms with van der Waals surface area (Å²) in [6.45, 7) is 2.29. The van der Waals surface area contributed by atoms with Crippen LogP contribution < -0.4 is 0 Å². The largest absolute Gasteiger partial charge is 0.0654 e. The average Bonchev–Trinajstić information content (AvgIpc) is 2.67. The predicted molar refractivity (Wildman–Crippen MR) is 111 cm³/mol. The Balaban J connectivity index is 1.80. The van der Waals surface area contributed by atoms with E-state index in [1.165, 1.54) is 80.4 Å². The van der Waals surface area contributed by atoms with Gasteiger partial charge in [-0.05, 0) is 76.8 Å². The molecule has 1 aliphatic carbocycles. The van der Waals surface area contributed by atoms with Crippen molar-refractivity contribution in [3.8, 4) is 0 Å². The third kappa shape index (κ3) is 3.32. The number of unbranched alkanes of at least 4 members (excludes halogenated alkanes) is 4. The van der Waals surface area contributed by atoms with E-state index in [1.807, 2.05) is 0 Å². The van der Waals surface area contributed by atoms with Crippen LogP contribution in [0.2, 0.25) is 0 Å². The molecule has 0 atom stereocenters. The van der Waals surface area contributed by atoms with Crippen LogP contribution >= 0.6 is 0 Å². The molecule has 3 aromatic rings. The van der Waals surface area contributed by atoms with Gasteiger partial charge in [0.05, 0.1) is 0 Å². The van der Waals surface area contributed by atoms with Crippen LogP contribution in [0.15, 0.2) is 42.5 Å². The zero-order chi connectivity index (χ0) is 17.1. The summed E-state index contributed by atoms with van der Waals surface area (Å²) >= 11 is 0. The average molecular weight is 331 g/mol. The number of aryl methyl sites for hydroxylation is 3. The highest BCUT2D eigenvalue weighted by Gasteiger charge is 2.16. The van der Waals surface area contributed by atoms with Crippen molar-refractivity contribution >= 4 is 21.5 Å². The Morgan fingerprint density at radius 3 is 2.56 bits per heavy atom. The van der Waals surface area contributed by atoms with E-state index in [9.17, 15) is 0 Å². The van der Waals surface area contributed by atoms with Gasteiger partial charge in [-0.3, -0.25) is 0 Å². The van der Waals surface area contributed by atoms with Gasteiger partial charge in [-0.2, -0.15) is 0 Å². The molecule has 130 valence electrons. The maximum atomic E-state index is 2.49. The van der Waals surface area contributed by atoms with Crippen molar-refractivity contribution in [1.29, 1.82) is 0 Å². The van der Waals surface area contributed by atoms with E-state index in [4.69, 9.17) is 0 Å². The lowest BCUT2D eigenvalue weighted by Crippen LogP contribution is -2.05. The van der Waals surface area contributed by atoms with Crippen molar-refractivity contribution in [1.82, 2.24) is 0 Å². The monoisotopic (exact) mass is 330 g/mol. The van der Waals surface area contributed by atoms with E-state index in [-0.39, 0.29) is 0 Å². The first-order valence-electron chi connectivity index (χ1n) is 10.3. The lowest BCUT2D eigenvalue weighted by Gasteiger charge is -2.21. The molecule has 0 heterocycles. The fourth-order valence-corrected chi connectivity index (χ4v) is 4.66. The fourth-order valence-electron chi connectivity index (χ4n) is 4.66. The topological polar surface area (TPSA) is 0 Å². The summed E-state index contributed by atoms with van der Waals surface area (Å²) in [5, 5.41) is 5.93. The highest BCUT2D eigenvalue weighted by Crippen LogP contribution is 2.36. The third-order valence-corrected chi connectivity index (χ3v) is 5.98. The molecular formula is C25H30. The molecule has 0 N–H and O–H groups in total. The summed E-state index contributed by atoms with van der Waals surface area (Å²) in [5.41, 5.74) is 4.88. The van der Waals surface area contributed by atoms with E-state index in [2.05, 4.69) is 49.4 Å². The number of benzene rings is 3. The first kappa shape index (κ1) is 16.6. The molecule has 25 heavy (non-hydrogen) atoms. The van der Waals surface area contributed by atoms with Crippen LogP contribution in [-0.4, -0.2) is 0 Å². The van der Waals surface area contributed by atoms with Gasteiger partial charge in [0, 0.05) is 0 Å². The van der Waals surface area contributed by atoms with Crippen LogP contribution in [0.5, 0.6) is 0 Å². The zero-order valence-electron chi connectivity index (χ0n) is 15.6. The van der Waals surface area contributed by atoms with Gasteiger partial charge in [-0.25, -0.2) is 0 Å². The van der Waals surface area contributed by atoms with E-state index < -0.39 is 0 Å². The Hall–Kier alpha value is -1.82. The van der Waals surface area contributed by atoms with Crippen molar-refractivity contribution in [2.75, 3.05) is 0 Å². The van der Waals surface area contributed by atoms with E-state index in [0.29, 0.717) is 0 Å². The Morgan fingerprint density at radius 2 is 1.64 bits per heavy atom. The van der Waals surface area contributed by atoms with Gasteiger partial charge < -0.3 is 0 Å². The minimum atomic E-state index is 1.24. The van der Waals surface area contributed by atoms with Gasteiger partial charge in [0.25, 0.3) is 0 Å². The lowest BCUT2D eigenvalue weighted by molar-refractivity contribution is 0.633. The van der Waals surface area contributed by atoms with E-state index in [0.717, 1.165) is 0 Å². The van der Waals surface area contributed by atoms with Gasteiger partial charge in [0.15, 0.2) is 0 Å². The number of hydrogen-bond acceptors (Lipinski definition) is 0. The van der Waals surface area contributed by atoms with Gasteiger partial charge in [0.1, 0.15) is 0 Å². The first-order chi connectivity index (χ1) is 12.4. The molecule has 3 aromatic carbocycles. The molecule has 0 nitrogen and oxygen atoms in total. The van der Waals surface area contributed by atoms with Crippen LogP contribution in [0, 0.1) is 0 Å². The Labute approximate surface area is 152 Å².